The standard InChI is InChI=1S/C17H18ClN5O3.ClH/c1-23(11-12-2-4-13(18)5-3-12)17(25)10-21-15-9-19-14(8-20-15)6-7-16(24)22-26;/h2-9,26H,10-11H2,1H3,(H,20,21)(H,22,24);1H/b7-6+;. The quantitative estimate of drug-likeness (QED) is 0.366. The molecule has 0 aliphatic carbocycles. The summed E-state index contributed by atoms with van der Waals surface area (Å²) in [6, 6.07) is 7.30. The average molecular weight is 412 g/mol. The van der Waals surface area contributed by atoms with Gasteiger partial charge in [0.15, 0.2) is 0 Å². The van der Waals surface area contributed by atoms with Gasteiger partial charge in [-0.2, -0.15) is 0 Å². The van der Waals surface area contributed by atoms with Gasteiger partial charge >= 0.3 is 0 Å². The number of rotatable bonds is 7. The number of hydroxylamine groups is 1. The molecular weight excluding hydrogens is 393 g/mol. The Kier molecular flexibility index (Phi) is 9.21. The number of benzene rings is 1. The summed E-state index contributed by atoms with van der Waals surface area (Å²) in [7, 11) is 1.71. The summed E-state index contributed by atoms with van der Waals surface area (Å²) in [5.74, 6) is -0.337. The lowest BCUT2D eigenvalue weighted by Gasteiger charge is -2.17. The highest BCUT2D eigenvalue weighted by Gasteiger charge is 2.09. The fraction of sp³-hybridized carbons (Fsp3) is 0.176. The van der Waals surface area contributed by atoms with E-state index in [1.807, 2.05) is 12.1 Å². The zero-order valence-electron chi connectivity index (χ0n) is 14.4. The Bertz CT molecular complexity index is 782. The van der Waals surface area contributed by atoms with E-state index in [0.29, 0.717) is 23.1 Å². The first-order valence-electron chi connectivity index (χ1n) is 7.64. The van der Waals surface area contributed by atoms with Crippen LogP contribution in [0.5, 0.6) is 0 Å². The fourth-order valence-electron chi connectivity index (χ4n) is 1.97. The molecule has 0 radical (unpaired) electrons. The smallest absolute Gasteiger partial charge is 0.267 e. The third-order valence-electron chi connectivity index (χ3n) is 3.37. The summed E-state index contributed by atoms with van der Waals surface area (Å²) in [5.41, 5.74) is 2.89. The van der Waals surface area contributed by atoms with Crippen LogP contribution in [0.25, 0.3) is 6.08 Å². The molecule has 2 rings (SSSR count). The molecule has 1 aromatic carbocycles. The lowest BCUT2D eigenvalue weighted by molar-refractivity contribution is -0.128. The molecule has 0 aliphatic heterocycles. The van der Waals surface area contributed by atoms with Gasteiger partial charge in [0, 0.05) is 24.7 Å². The number of nitrogens with zero attached hydrogens (tertiary/aromatic N) is 3. The number of amides is 2. The molecule has 27 heavy (non-hydrogen) atoms. The van der Waals surface area contributed by atoms with Gasteiger partial charge in [0.25, 0.3) is 5.91 Å². The van der Waals surface area contributed by atoms with Crippen molar-refractivity contribution in [2.45, 2.75) is 6.54 Å². The average Bonchev–Trinajstić information content (AvgIpc) is 2.66. The van der Waals surface area contributed by atoms with Crippen molar-refractivity contribution in [3.05, 3.63) is 59.0 Å². The van der Waals surface area contributed by atoms with E-state index in [1.54, 1.807) is 24.1 Å². The second kappa shape index (κ2) is 11.1. The molecule has 0 atom stereocenters. The van der Waals surface area contributed by atoms with Crippen molar-refractivity contribution in [2.24, 2.45) is 0 Å². The van der Waals surface area contributed by atoms with Gasteiger partial charge in [0.05, 0.1) is 24.6 Å². The normalized spacial score (nSPS) is 10.2. The largest absolute Gasteiger partial charge is 0.360 e. The van der Waals surface area contributed by atoms with Crippen LogP contribution in [0.1, 0.15) is 11.3 Å². The van der Waals surface area contributed by atoms with E-state index >= 15 is 0 Å². The Balaban J connectivity index is 0.00000364. The summed E-state index contributed by atoms with van der Waals surface area (Å²) in [6.45, 7) is 0.543. The maximum absolute atomic E-state index is 12.2. The van der Waals surface area contributed by atoms with Crippen molar-refractivity contribution in [1.82, 2.24) is 20.3 Å². The van der Waals surface area contributed by atoms with E-state index in [2.05, 4.69) is 15.3 Å². The maximum atomic E-state index is 12.2. The van der Waals surface area contributed by atoms with Crippen molar-refractivity contribution >= 4 is 47.7 Å². The molecule has 1 heterocycles. The van der Waals surface area contributed by atoms with Crippen molar-refractivity contribution in [3.8, 4) is 0 Å². The minimum atomic E-state index is -0.664. The van der Waals surface area contributed by atoms with Crippen LogP contribution in [0, 0.1) is 0 Å². The molecule has 2 aromatic rings. The fourth-order valence-corrected chi connectivity index (χ4v) is 2.09. The van der Waals surface area contributed by atoms with Crippen molar-refractivity contribution in [1.29, 1.82) is 0 Å². The number of hydrogen-bond acceptors (Lipinski definition) is 6. The molecule has 1 aromatic heterocycles. The Labute approximate surface area is 167 Å². The number of likely N-dealkylation sites (N-methyl/N-ethyl adjacent to an activating group) is 1. The molecule has 0 saturated heterocycles. The first kappa shape index (κ1) is 22.4. The molecule has 0 fully saturated rings. The molecular formula is C17H19Cl2N5O3. The van der Waals surface area contributed by atoms with E-state index < -0.39 is 5.91 Å². The van der Waals surface area contributed by atoms with Crippen molar-refractivity contribution in [3.63, 3.8) is 0 Å². The third-order valence-corrected chi connectivity index (χ3v) is 3.62. The highest BCUT2D eigenvalue weighted by molar-refractivity contribution is 6.30. The third kappa shape index (κ3) is 7.61. The molecule has 8 nitrogen and oxygen atoms in total. The molecule has 2 amide bonds. The Morgan fingerprint density at radius 1 is 1.22 bits per heavy atom. The number of halogens is 2. The van der Waals surface area contributed by atoms with Crippen LogP contribution in [-0.4, -0.2) is 45.5 Å². The van der Waals surface area contributed by atoms with E-state index in [4.69, 9.17) is 16.8 Å². The second-order valence-electron chi connectivity index (χ2n) is 5.37. The molecule has 0 bridgehead atoms. The van der Waals surface area contributed by atoms with Crippen LogP contribution in [0.4, 0.5) is 5.82 Å². The van der Waals surface area contributed by atoms with Crippen LogP contribution >= 0.6 is 24.0 Å². The maximum Gasteiger partial charge on any atom is 0.267 e. The van der Waals surface area contributed by atoms with E-state index in [-0.39, 0.29) is 24.9 Å². The Morgan fingerprint density at radius 2 is 1.93 bits per heavy atom. The molecule has 0 saturated carbocycles. The molecule has 10 heteroatoms. The SMILES string of the molecule is CN(Cc1ccc(Cl)cc1)C(=O)CNc1cnc(/C=C/C(=O)NO)cn1.Cl. The Hall–Kier alpha value is -2.68. The summed E-state index contributed by atoms with van der Waals surface area (Å²) in [6.07, 6.45) is 5.40. The topological polar surface area (TPSA) is 107 Å². The molecule has 0 spiro atoms. The number of anilines is 1. The van der Waals surface area contributed by atoms with Crippen LogP contribution < -0.4 is 10.8 Å². The highest BCUT2D eigenvalue weighted by Crippen LogP contribution is 2.11. The molecule has 3 N–H and O–H groups in total. The van der Waals surface area contributed by atoms with Crippen LogP contribution in [-0.2, 0) is 16.1 Å². The monoisotopic (exact) mass is 411 g/mol. The number of carbonyl (C=O) groups excluding carboxylic acids is 2. The minimum Gasteiger partial charge on any atom is -0.360 e. The molecule has 0 unspecified atom stereocenters. The lowest BCUT2D eigenvalue weighted by Crippen LogP contribution is -2.31. The van der Waals surface area contributed by atoms with Crippen molar-refractivity contribution in [2.75, 3.05) is 18.9 Å². The van der Waals surface area contributed by atoms with Gasteiger partial charge < -0.3 is 10.2 Å². The molecule has 0 aliphatic rings. The van der Waals surface area contributed by atoms with Gasteiger partial charge in [-0.05, 0) is 23.8 Å². The summed E-state index contributed by atoms with van der Waals surface area (Å²) in [4.78, 5) is 32.8. The van der Waals surface area contributed by atoms with Gasteiger partial charge in [0.2, 0.25) is 5.91 Å². The summed E-state index contributed by atoms with van der Waals surface area (Å²) >= 11 is 5.84. The van der Waals surface area contributed by atoms with E-state index in [9.17, 15) is 9.59 Å². The van der Waals surface area contributed by atoms with Crippen LogP contribution in [0.15, 0.2) is 42.7 Å². The zero-order chi connectivity index (χ0) is 18.9. The first-order valence-corrected chi connectivity index (χ1v) is 8.02. The first-order chi connectivity index (χ1) is 12.5. The van der Waals surface area contributed by atoms with Crippen LogP contribution in [0.3, 0.4) is 0 Å². The highest BCUT2D eigenvalue weighted by atomic mass is 35.5. The van der Waals surface area contributed by atoms with Gasteiger partial charge in [-0.15, -0.1) is 12.4 Å². The lowest BCUT2D eigenvalue weighted by atomic mass is 10.2. The van der Waals surface area contributed by atoms with Gasteiger partial charge in [-0.3, -0.25) is 19.8 Å². The van der Waals surface area contributed by atoms with E-state index in [1.165, 1.54) is 23.9 Å². The zero-order valence-corrected chi connectivity index (χ0v) is 16.0. The number of nitrogens with one attached hydrogen (secondary N) is 2. The molecule has 144 valence electrons. The second-order valence-corrected chi connectivity index (χ2v) is 5.80. The number of hydrogen-bond donors (Lipinski definition) is 3. The predicted molar refractivity (Wildman–Crippen MR) is 105 cm³/mol. The number of aromatic nitrogens is 2. The summed E-state index contributed by atoms with van der Waals surface area (Å²) in [5, 5.41) is 11.9. The minimum absolute atomic E-state index is 0. The van der Waals surface area contributed by atoms with Gasteiger partial charge in [-0.25, -0.2) is 10.5 Å². The van der Waals surface area contributed by atoms with Crippen LogP contribution in [0.2, 0.25) is 5.02 Å². The Morgan fingerprint density at radius 3 is 2.52 bits per heavy atom. The van der Waals surface area contributed by atoms with E-state index in [0.717, 1.165) is 11.6 Å². The predicted octanol–water partition coefficient (Wildman–Crippen LogP) is 2.14. The van der Waals surface area contributed by atoms with Gasteiger partial charge in [-0.1, -0.05) is 23.7 Å². The summed E-state index contributed by atoms with van der Waals surface area (Å²) < 4.78 is 0. The van der Waals surface area contributed by atoms with Crippen molar-refractivity contribution < 1.29 is 14.8 Å². The number of carbonyl (C=O) groups is 2. The van der Waals surface area contributed by atoms with Gasteiger partial charge in [0.1, 0.15) is 5.82 Å².